The third kappa shape index (κ3) is 3.69. The van der Waals surface area contributed by atoms with E-state index >= 15 is 0 Å². The smallest absolute Gasteiger partial charge is 0.423 e. The van der Waals surface area contributed by atoms with Gasteiger partial charge < -0.3 is 9.68 Å². The van der Waals surface area contributed by atoms with Crippen molar-refractivity contribution < 1.29 is 22.8 Å². The summed E-state index contributed by atoms with van der Waals surface area (Å²) in [5.41, 5.74) is 0.601. The molecule has 1 aliphatic heterocycles. The van der Waals surface area contributed by atoms with Gasteiger partial charge in [0.15, 0.2) is 0 Å². The number of rotatable bonds is 1. The third-order valence-electron chi connectivity index (χ3n) is 4.15. The van der Waals surface area contributed by atoms with E-state index in [1.54, 1.807) is 13.8 Å². The average Bonchev–Trinajstić information content (AvgIpc) is 2.81. The maximum Gasteiger partial charge on any atom is 0.493 e. The van der Waals surface area contributed by atoms with Gasteiger partial charge in [-0.05, 0) is 43.7 Å². The lowest BCUT2D eigenvalue weighted by atomic mass is 9.73. The number of hydrogen-bond acceptors (Lipinski definition) is 2. The van der Waals surface area contributed by atoms with Crippen LogP contribution in [0.15, 0.2) is 60.2 Å². The summed E-state index contributed by atoms with van der Waals surface area (Å²) in [6.45, 7) is 3.53. The van der Waals surface area contributed by atoms with Crippen LogP contribution in [0.25, 0.3) is 5.47 Å². The molecule has 0 bridgehead atoms. The molecule has 0 aliphatic carbocycles. The van der Waals surface area contributed by atoms with Gasteiger partial charge in [0.25, 0.3) is 0 Å². The predicted molar refractivity (Wildman–Crippen MR) is 94.8 cm³/mol. The van der Waals surface area contributed by atoms with E-state index in [-0.39, 0.29) is 0 Å². The second-order valence-corrected chi connectivity index (χ2v) is 6.46. The van der Waals surface area contributed by atoms with Crippen molar-refractivity contribution in [2.45, 2.75) is 25.6 Å². The van der Waals surface area contributed by atoms with E-state index in [1.165, 1.54) is 12.1 Å². The highest BCUT2D eigenvalue weighted by atomic mass is 19.4. The van der Waals surface area contributed by atoms with Crippen LogP contribution < -0.4 is 0 Å². The van der Waals surface area contributed by atoms with Gasteiger partial charge in [0, 0.05) is 16.6 Å². The fourth-order valence-electron chi connectivity index (χ4n) is 2.84. The Morgan fingerprint density at radius 3 is 2.15 bits per heavy atom. The van der Waals surface area contributed by atoms with Crippen molar-refractivity contribution in [1.29, 1.82) is 0 Å². The van der Waals surface area contributed by atoms with Crippen LogP contribution in [0, 0.1) is 11.8 Å². The molecule has 26 heavy (non-hydrogen) atoms. The number of hydrogen-bond donors (Lipinski definition) is 1. The molecule has 0 fully saturated rings. The van der Waals surface area contributed by atoms with Gasteiger partial charge in [-0.25, -0.2) is 0 Å². The van der Waals surface area contributed by atoms with E-state index in [9.17, 15) is 18.2 Å². The topological polar surface area (TPSA) is 29.5 Å². The monoisotopic (exact) mass is 356 g/mol. The van der Waals surface area contributed by atoms with Crippen LogP contribution in [-0.4, -0.2) is 17.7 Å². The van der Waals surface area contributed by atoms with E-state index in [0.717, 1.165) is 17.7 Å². The Bertz CT molecular complexity index is 889. The van der Waals surface area contributed by atoms with Gasteiger partial charge in [-0.2, -0.15) is 13.2 Å². The number of alkyl halides is 3. The van der Waals surface area contributed by atoms with Gasteiger partial charge in [-0.3, -0.25) is 0 Å². The molecule has 0 saturated carbocycles. The minimum Gasteiger partial charge on any atom is -0.423 e. The van der Waals surface area contributed by atoms with Crippen LogP contribution in [0.3, 0.4) is 0 Å². The van der Waals surface area contributed by atoms with E-state index in [2.05, 4.69) is 11.8 Å². The maximum absolute atomic E-state index is 12.8. The summed E-state index contributed by atoms with van der Waals surface area (Å²) in [5, 5.41) is 10.3. The first-order valence-electron chi connectivity index (χ1n) is 8.04. The summed E-state index contributed by atoms with van der Waals surface area (Å²) in [6.07, 6.45) is -4.41. The summed E-state index contributed by atoms with van der Waals surface area (Å²) in [4.78, 5) is 0. The molecule has 0 unspecified atom stereocenters. The SMILES string of the molecule is CC1(C)OB(O)C(c2ccc(C(F)(F)F)cc2)=C1C#Cc1ccccc1. The standard InChI is InChI=1S/C20H16BF3O2/c1-19(2)17(13-8-14-6-4-3-5-7-14)18(21(25)26-19)15-9-11-16(12-10-15)20(22,23)24/h3-7,9-12,25H,1-2H3. The second kappa shape index (κ2) is 6.67. The van der Waals surface area contributed by atoms with Gasteiger partial charge in [0.05, 0.1) is 11.2 Å². The predicted octanol–water partition coefficient (Wildman–Crippen LogP) is 4.34. The average molecular weight is 356 g/mol. The quantitative estimate of drug-likeness (QED) is 0.609. The molecule has 0 aromatic heterocycles. The van der Waals surface area contributed by atoms with Crippen molar-refractivity contribution in [3.8, 4) is 11.8 Å². The van der Waals surface area contributed by atoms with Crippen molar-refractivity contribution in [3.05, 3.63) is 76.9 Å². The van der Waals surface area contributed by atoms with Crippen LogP contribution in [-0.2, 0) is 10.8 Å². The summed E-state index contributed by atoms with van der Waals surface area (Å²) >= 11 is 0. The van der Waals surface area contributed by atoms with Gasteiger partial charge in [-0.1, -0.05) is 42.2 Å². The van der Waals surface area contributed by atoms with Crippen molar-refractivity contribution >= 4 is 12.6 Å². The first kappa shape index (κ1) is 18.3. The molecule has 1 aliphatic rings. The van der Waals surface area contributed by atoms with Crippen molar-refractivity contribution in [2.24, 2.45) is 0 Å². The number of halogens is 3. The molecule has 2 nitrogen and oxygen atoms in total. The van der Waals surface area contributed by atoms with Crippen molar-refractivity contribution in [1.82, 2.24) is 0 Å². The van der Waals surface area contributed by atoms with E-state index < -0.39 is 24.5 Å². The molecular formula is C20H16BF3O2. The van der Waals surface area contributed by atoms with Crippen LogP contribution in [0.1, 0.15) is 30.5 Å². The summed E-state index contributed by atoms with van der Waals surface area (Å²) < 4.78 is 43.9. The molecule has 1 N–H and O–H groups in total. The minimum atomic E-state index is -4.41. The molecule has 0 radical (unpaired) electrons. The summed E-state index contributed by atoms with van der Waals surface area (Å²) in [7, 11) is -1.25. The fraction of sp³-hybridized carbons (Fsp3) is 0.200. The lowest BCUT2D eigenvalue weighted by Gasteiger charge is -2.19. The van der Waals surface area contributed by atoms with E-state index in [1.807, 2.05) is 30.3 Å². The second-order valence-electron chi connectivity index (χ2n) is 6.46. The Morgan fingerprint density at radius 1 is 0.962 bits per heavy atom. The molecule has 2 aromatic carbocycles. The summed E-state index contributed by atoms with van der Waals surface area (Å²) in [6, 6.07) is 13.9. The van der Waals surface area contributed by atoms with Gasteiger partial charge in [0.2, 0.25) is 0 Å². The van der Waals surface area contributed by atoms with Crippen LogP contribution in [0.4, 0.5) is 13.2 Å². The molecule has 2 aromatic rings. The molecule has 6 heteroatoms. The Kier molecular flexibility index (Phi) is 4.70. The molecule has 0 spiro atoms. The molecule has 0 saturated heterocycles. The minimum absolute atomic E-state index is 0.396. The lowest BCUT2D eigenvalue weighted by molar-refractivity contribution is -0.137. The van der Waals surface area contributed by atoms with Crippen LogP contribution >= 0.6 is 0 Å². The Morgan fingerprint density at radius 2 is 1.58 bits per heavy atom. The third-order valence-corrected chi connectivity index (χ3v) is 4.15. The van der Waals surface area contributed by atoms with E-state index in [0.29, 0.717) is 16.6 Å². The zero-order valence-electron chi connectivity index (χ0n) is 14.3. The molecule has 132 valence electrons. The highest BCUT2D eigenvalue weighted by Crippen LogP contribution is 2.39. The first-order chi connectivity index (χ1) is 12.2. The van der Waals surface area contributed by atoms with Gasteiger partial charge in [-0.15, -0.1) is 0 Å². The highest BCUT2D eigenvalue weighted by Gasteiger charge is 2.43. The Labute approximate surface area is 150 Å². The zero-order valence-corrected chi connectivity index (χ0v) is 14.3. The maximum atomic E-state index is 12.8. The number of benzene rings is 2. The Hall–Kier alpha value is -2.49. The molecule has 0 amide bonds. The van der Waals surface area contributed by atoms with Crippen LogP contribution in [0.2, 0.25) is 0 Å². The van der Waals surface area contributed by atoms with Gasteiger partial charge in [0.1, 0.15) is 0 Å². The highest BCUT2D eigenvalue weighted by molar-refractivity contribution is 6.69. The largest absolute Gasteiger partial charge is 0.493 e. The van der Waals surface area contributed by atoms with Gasteiger partial charge >= 0.3 is 13.3 Å². The first-order valence-corrected chi connectivity index (χ1v) is 8.04. The Balaban J connectivity index is 2.07. The molecule has 0 atom stereocenters. The summed E-state index contributed by atoms with van der Waals surface area (Å²) in [5.74, 6) is 6.05. The van der Waals surface area contributed by atoms with E-state index in [4.69, 9.17) is 4.65 Å². The molecule has 1 heterocycles. The lowest BCUT2D eigenvalue weighted by Crippen LogP contribution is -2.26. The molecular weight excluding hydrogens is 340 g/mol. The van der Waals surface area contributed by atoms with Crippen molar-refractivity contribution in [3.63, 3.8) is 0 Å². The molecule has 3 rings (SSSR count). The fourth-order valence-corrected chi connectivity index (χ4v) is 2.84. The van der Waals surface area contributed by atoms with Crippen LogP contribution in [0.5, 0.6) is 0 Å². The zero-order chi connectivity index (χ0) is 18.9. The normalized spacial score (nSPS) is 16.5. The van der Waals surface area contributed by atoms with Crippen molar-refractivity contribution in [2.75, 3.05) is 0 Å².